The molecule has 4 atom stereocenters. The molecule has 0 saturated carbocycles. The van der Waals surface area contributed by atoms with Gasteiger partial charge in [0.2, 0.25) is 7.29 Å². The smallest absolute Gasteiger partial charge is 0.203 e. The molecule has 26 heavy (non-hydrogen) atoms. The molecule has 1 fully saturated rings. The lowest BCUT2D eigenvalue weighted by Crippen LogP contribution is -2.21. The van der Waals surface area contributed by atoms with Gasteiger partial charge in [-0.2, -0.15) is 0 Å². The van der Waals surface area contributed by atoms with Crippen LogP contribution in [0, 0.1) is 11.8 Å². The zero-order chi connectivity index (χ0) is 18.1. The predicted molar refractivity (Wildman–Crippen MR) is 110 cm³/mol. The molecule has 0 radical (unpaired) electrons. The van der Waals surface area contributed by atoms with Crippen LogP contribution < -0.4 is 5.30 Å². The molecule has 1 aliphatic heterocycles. The van der Waals surface area contributed by atoms with Crippen LogP contribution in [0.25, 0.3) is 0 Å². The second-order valence-corrected chi connectivity index (χ2v) is 9.85. The van der Waals surface area contributed by atoms with Gasteiger partial charge in [-0.3, -0.25) is 4.57 Å². The topological polar surface area (TPSA) is 20.3 Å². The fourth-order valence-electron chi connectivity index (χ4n) is 4.28. The molecule has 2 nitrogen and oxygen atoms in total. The standard InChI is InChI=1S/C23H24NOP/c1-3-10-18-15-16-21-22(17-18)26(25,20-13-8-5-9-14-20)24(2)23(21)19-11-6-4-7-12-19/h3-9,11-18,21,23H,1,10H2,2H3/t18-,21+,23-,26?/m1/s1. The van der Waals surface area contributed by atoms with Crippen molar-refractivity contribution in [2.45, 2.75) is 12.5 Å². The van der Waals surface area contributed by atoms with E-state index in [0.717, 1.165) is 17.0 Å². The monoisotopic (exact) mass is 361 g/mol. The Labute approximate surface area is 156 Å². The third kappa shape index (κ3) is 2.65. The van der Waals surface area contributed by atoms with Gasteiger partial charge < -0.3 is 0 Å². The van der Waals surface area contributed by atoms with E-state index in [1.54, 1.807) is 0 Å². The summed E-state index contributed by atoms with van der Waals surface area (Å²) < 4.78 is 16.6. The first-order valence-corrected chi connectivity index (χ1v) is 10.8. The van der Waals surface area contributed by atoms with Gasteiger partial charge in [0, 0.05) is 16.5 Å². The van der Waals surface area contributed by atoms with Gasteiger partial charge >= 0.3 is 0 Å². The molecule has 0 amide bonds. The highest BCUT2D eigenvalue weighted by atomic mass is 31.2. The first-order valence-electron chi connectivity index (χ1n) is 9.11. The van der Waals surface area contributed by atoms with E-state index in [9.17, 15) is 4.57 Å². The predicted octanol–water partition coefficient (Wildman–Crippen LogP) is 5.54. The van der Waals surface area contributed by atoms with Gasteiger partial charge in [0.1, 0.15) is 0 Å². The van der Waals surface area contributed by atoms with E-state index < -0.39 is 7.29 Å². The molecule has 2 aromatic carbocycles. The van der Waals surface area contributed by atoms with E-state index in [2.05, 4.69) is 53.7 Å². The summed E-state index contributed by atoms with van der Waals surface area (Å²) in [7, 11) is -0.804. The largest absolute Gasteiger partial charge is 0.297 e. The first kappa shape index (κ1) is 17.3. The summed E-state index contributed by atoms with van der Waals surface area (Å²) in [4.78, 5) is 0. The van der Waals surface area contributed by atoms with Crippen molar-refractivity contribution in [2.24, 2.45) is 11.8 Å². The highest BCUT2D eigenvalue weighted by Gasteiger charge is 2.52. The van der Waals surface area contributed by atoms with Crippen LogP contribution in [0.3, 0.4) is 0 Å². The Kier molecular flexibility index (Phi) is 4.56. The van der Waals surface area contributed by atoms with Crippen molar-refractivity contribution < 1.29 is 4.57 Å². The van der Waals surface area contributed by atoms with Crippen molar-refractivity contribution in [1.82, 2.24) is 4.67 Å². The highest BCUT2D eigenvalue weighted by Crippen LogP contribution is 2.70. The molecule has 1 saturated heterocycles. The number of benzene rings is 2. The molecular weight excluding hydrogens is 337 g/mol. The van der Waals surface area contributed by atoms with Crippen LogP contribution in [0.4, 0.5) is 0 Å². The third-order valence-electron chi connectivity index (χ3n) is 5.52. The summed E-state index contributed by atoms with van der Waals surface area (Å²) in [6.07, 6.45) is 9.56. The van der Waals surface area contributed by atoms with Crippen molar-refractivity contribution in [1.29, 1.82) is 0 Å². The van der Waals surface area contributed by atoms with Gasteiger partial charge in [0.15, 0.2) is 0 Å². The van der Waals surface area contributed by atoms with Crippen molar-refractivity contribution >= 4 is 12.6 Å². The third-order valence-corrected chi connectivity index (χ3v) is 8.80. The fraction of sp³-hybridized carbons (Fsp3) is 0.217. The van der Waals surface area contributed by atoms with E-state index in [1.165, 1.54) is 5.56 Å². The average molecular weight is 361 g/mol. The van der Waals surface area contributed by atoms with Crippen LogP contribution in [0.1, 0.15) is 18.0 Å². The molecule has 0 bridgehead atoms. The quantitative estimate of drug-likeness (QED) is 0.526. The molecular formula is C23H24NOP. The lowest BCUT2D eigenvalue weighted by atomic mass is 9.86. The number of allylic oxidation sites excluding steroid dienone is 3. The minimum Gasteiger partial charge on any atom is -0.297 e. The van der Waals surface area contributed by atoms with E-state index in [1.807, 2.05) is 49.5 Å². The second-order valence-electron chi connectivity index (χ2n) is 7.03. The highest BCUT2D eigenvalue weighted by molar-refractivity contribution is 7.73. The lowest BCUT2D eigenvalue weighted by Gasteiger charge is -2.26. The Morgan fingerprint density at radius 1 is 1.04 bits per heavy atom. The van der Waals surface area contributed by atoms with Crippen LogP contribution >= 0.6 is 7.29 Å². The molecule has 1 unspecified atom stereocenters. The van der Waals surface area contributed by atoms with Gasteiger partial charge in [0.25, 0.3) is 0 Å². The zero-order valence-electron chi connectivity index (χ0n) is 15.0. The molecule has 0 spiro atoms. The maximum atomic E-state index is 14.4. The molecule has 0 aromatic heterocycles. The van der Waals surface area contributed by atoms with Crippen LogP contribution in [-0.2, 0) is 4.57 Å². The summed E-state index contributed by atoms with van der Waals surface area (Å²) >= 11 is 0. The molecule has 2 aliphatic rings. The summed E-state index contributed by atoms with van der Waals surface area (Å²) in [5, 5.41) is 2.00. The SMILES string of the molecule is C=CC[C@@H]1C=C[C@H]2C(=C1)P(=O)(c1ccccc1)N(C)[C@@H]2c1ccccc1. The Morgan fingerprint density at radius 2 is 1.69 bits per heavy atom. The maximum Gasteiger partial charge on any atom is 0.203 e. The van der Waals surface area contributed by atoms with Crippen molar-refractivity contribution in [3.8, 4) is 0 Å². The normalized spacial score (nSPS) is 30.7. The van der Waals surface area contributed by atoms with E-state index in [0.29, 0.717) is 0 Å². The summed E-state index contributed by atoms with van der Waals surface area (Å²) in [6.45, 7) is 3.87. The number of rotatable bonds is 4. The molecule has 0 N–H and O–H groups in total. The van der Waals surface area contributed by atoms with Crippen LogP contribution in [-0.4, -0.2) is 11.7 Å². The number of fused-ring (bicyclic) bond motifs is 1. The number of hydrogen-bond acceptors (Lipinski definition) is 1. The van der Waals surface area contributed by atoms with Crippen molar-refractivity contribution in [2.75, 3.05) is 7.05 Å². The summed E-state index contributed by atoms with van der Waals surface area (Å²) in [6, 6.07) is 20.5. The van der Waals surface area contributed by atoms with Crippen LogP contribution in [0.5, 0.6) is 0 Å². The molecule has 4 rings (SSSR count). The molecule has 2 aromatic rings. The molecule has 1 aliphatic carbocycles. The Balaban J connectivity index is 1.88. The molecule has 3 heteroatoms. The van der Waals surface area contributed by atoms with Gasteiger partial charge in [-0.25, -0.2) is 4.67 Å². The Morgan fingerprint density at radius 3 is 2.35 bits per heavy atom. The molecule has 132 valence electrons. The van der Waals surface area contributed by atoms with Gasteiger partial charge in [0.05, 0.1) is 6.04 Å². The van der Waals surface area contributed by atoms with E-state index >= 15 is 0 Å². The number of hydrogen-bond donors (Lipinski definition) is 0. The average Bonchev–Trinajstić information content (AvgIpc) is 2.92. The van der Waals surface area contributed by atoms with Crippen molar-refractivity contribution in [3.05, 3.63) is 102 Å². The molecule has 1 heterocycles. The maximum absolute atomic E-state index is 14.4. The minimum absolute atomic E-state index is 0.0921. The summed E-state index contributed by atoms with van der Waals surface area (Å²) in [5.41, 5.74) is 1.21. The van der Waals surface area contributed by atoms with Crippen LogP contribution in [0.15, 0.2) is 96.9 Å². The van der Waals surface area contributed by atoms with E-state index in [-0.39, 0.29) is 17.9 Å². The van der Waals surface area contributed by atoms with Crippen molar-refractivity contribution in [3.63, 3.8) is 0 Å². The summed E-state index contributed by atoms with van der Waals surface area (Å²) in [5.74, 6) is 0.424. The Bertz CT molecular complexity index is 900. The first-order chi connectivity index (χ1) is 12.7. The fourth-order valence-corrected chi connectivity index (χ4v) is 7.54. The zero-order valence-corrected chi connectivity index (χ0v) is 15.9. The van der Waals surface area contributed by atoms with Crippen LogP contribution in [0.2, 0.25) is 0 Å². The Hall–Kier alpha value is -2.15. The lowest BCUT2D eigenvalue weighted by molar-refractivity contribution is 0.371. The van der Waals surface area contributed by atoms with Gasteiger partial charge in [-0.15, -0.1) is 6.58 Å². The van der Waals surface area contributed by atoms with E-state index in [4.69, 9.17) is 0 Å². The number of nitrogens with zero attached hydrogens (tertiary/aromatic N) is 1. The minimum atomic E-state index is -2.82. The van der Waals surface area contributed by atoms with Gasteiger partial charge in [-0.1, -0.05) is 72.8 Å². The van der Waals surface area contributed by atoms with Gasteiger partial charge in [-0.05, 0) is 37.1 Å². The second kappa shape index (κ2) is 6.87.